The van der Waals surface area contributed by atoms with Crippen molar-refractivity contribution in [2.45, 2.75) is 45.2 Å². The Kier molecular flexibility index (Phi) is 3.86. The zero-order chi connectivity index (χ0) is 17.8. The van der Waals surface area contributed by atoms with E-state index in [-0.39, 0.29) is 17.5 Å². The van der Waals surface area contributed by atoms with Gasteiger partial charge in [-0.3, -0.25) is 9.69 Å². The Hall–Kier alpha value is -1.90. The lowest BCUT2D eigenvalue weighted by Crippen LogP contribution is -2.69. The highest BCUT2D eigenvalue weighted by Crippen LogP contribution is 2.39. The van der Waals surface area contributed by atoms with Crippen molar-refractivity contribution in [2.24, 2.45) is 5.92 Å². The predicted molar refractivity (Wildman–Crippen MR) is 101 cm³/mol. The van der Waals surface area contributed by atoms with E-state index in [4.69, 9.17) is 0 Å². The van der Waals surface area contributed by atoms with Crippen LogP contribution in [0.5, 0.6) is 0 Å². The number of benzene rings is 1. The molecule has 4 heterocycles. The summed E-state index contributed by atoms with van der Waals surface area (Å²) in [5, 5.41) is 13.7. The molecule has 2 aromatic rings. The quantitative estimate of drug-likeness (QED) is 0.896. The van der Waals surface area contributed by atoms with E-state index in [2.05, 4.69) is 30.1 Å². The third kappa shape index (κ3) is 2.56. The highest BCUT2D eigenvalue weighted by Gasteiger charge is 2.48. The number of amides is 1. The number of thiophene rings is 1. The van der Waals surface area contributed by atoms with E-state index in [1.54, 1.807) is 0 Å². The summed E-state index contributed by atoms with van der Waals surface area (Å²) >= 11 is 1.43. The minimum absolute atomic E-state index is 0.00190. The zero-order valence-corrected chi connectivity index (χ0v) is 15.7. The third-order valence-electron chi connectivity index (χ3n) is 6.10. The Balaban J connectivity index is 1.64. The second-order valence-corrected chi connectivity index (χ2v) is 8.88. The average molecular weight is 353 g/mol. The summed E-state index contributed by atoms with van der Waals surface area (Å²) in [6, 6.07) is 8.33. The normalized spacial score (nSPS) is 27.2. The Morgan fingerprint density at radius 2 is 2.08 bits per heavy atom. The van der Waals surface area contributed by atoms with Gasteiger partial charge < -0.3 is 5.32 Å². The molecule has 1 aromatic carbocycles. The van der Waals surface area contributed by atoms with Gasteiger partial charge in [-0.05, 0) is 69.6 Å². The molecule has 1 amide bonds. The fourth-order valence-corrected chi connectivity index (χ4v) is 5.65. The summed E-state index contributed by atoms with van der Waals surface area (Å²) in [6.07, 6.45) is 2.33. The van der Waals surface area contributed by atoms with Crippen LogP contribution in [0, 0.1) is 24.2 Å². The molecule has 0 radical (unpaired) electrons. The zero-order valence-electron chi connectivity index (χ0n) is 14.9. The van der Waals surface area contributed by atoms with Crippen molar-refractivity contribution in [1.82, 2.24) is 10.2 Å². The smallest absolute Gasteiger partial charge is 0.261 e. The first-order chi connectivity index (χ1) is 11.9. The monoisotopic (exact) mass is 353 g/mol. The lowest BCUT2D eigenvalue weighted by Gasteiger charge is -2.56. The first-order valence-corrected chi connectivity index (χ1v) is 9.72. The van der Waals surface area contributed by atoms with E-state index < -0.39 is 0 Å². The van der Waals surface area contributed by atoms with Gasteiger partial charge in [0.2, 0.25) is 0 Å². The Morgan fingerprint density at radius 1 is 1.36 bits per heavy atom. The van der Waals surface area contributed by atoms with Crippen LogP contribution < -0.4 is 5.32 Å². The molecular formula is C20H23N3OS. The molecule has 4 nitrogen and oxygen atoms in total. The highest BCUT2D eigenvalue weighted by molar-refractivity contribution is 7.21. The van der Waals surface area contributed by atoms with Crippen molar-refractivity contribution in [3.05, 3.63) is 34.2 Å². The molecule has 5 heteroatoms. The fourth-order valence-electron chi connectivity index (χ4n) is 4.54. The van der Waals surface area contributed by atoms with Gasteiger partial charge in [0.05, 0.1) is 15.1 Å². The molecule has 0 saturated carbocycles. The van der Waals surface area contributed by atoms with Crippen LogP contribution in [-0.4, -0.2) is 35.5 Å². The first-order valence-electron chi connectivity index (χ1n) is 8.91. The van der Waals surface area contributed by atoms with E-state index in [9.17, 15) is 10.1 Å². The molecule has 3 aliphatic rings. The number of hydrogen-bond acceptors (Lipinski definition) is 4. The lowest BCUT2D eigenvalue weighted by molar-refractivity contribution is -0.0377. The molecule has 25 heavy (non-hydrogen) atoms. The number of carbonyl (C=O) groups is 1. The van der Waals surface area contributed by atoms with Crippen LogP contribution in [-0.2, 0) is 0 Å². The maximum atomic E-state index is 12.9. The van der Waals surface area contributed by atoms with Crippen molar-refractivity contribution in [3.8, 4) is 6.07 Å². The molecule has 3 fully saturated rings. The van der Waals surface area contributed by atoms with Crippen LogP contribution in [0.1, 0.15) is 47.5 Å². The van der Waals surface area contributed by atoms with Crippen molar-refractivity contribution in [1.29, 1.82) is 5.26 Å². The Bertz CT molecular complexity index is 884. The second kappa shape index (κ2) is 5.82. The SMILES string of the molecule is Cc1ccc2cc(C(=O)NC3C4CCN(CC4)C3(C)C)sc2c1C#N. The Morgan fingerprint density at radius 3 is 2.72 bits per heavy atom. The van der Waals surface area contributed by atoms with Gasteiger partial charge in [-0.25, -0.2) is 0 Å². The predicted octanol–water partition coefficient (Wildman–Crippen LogP) is 3.68. The summed E-state index contributed by atoms with van der Waals surface area (Å²) in [7, 11) is 0. The second-order valence-electron chi connectivity index (χ2n) is 7.83. The molecule has 2 bridgehead atoms. The van der Waals surface area contributed by atoms with Gasteiger partial charge in [0, 0.05) is 11.6 Å². The van der Waals surface area contributed by atoms with Crippen LogP contribution in [0.2, 0.25) is 0 Å². The molecule has 1 aromatic heterocycles. The first kappa shape index (κ1) is 16.6. The Labute approximate surface area is 152 Å². The number of piperidine rings is 3. The van der Waals surface area contributed by atoms with E-state index in [0.717, 1.165) is 28.7 Å². The summed E-state index contributed by atoms with van der Waals surface area (Å²) in [4.78, 5) is 16.1. The maximum Gasteiger partial charge on any atom is 0.261 e. The molecule has 130 valence electrons. The topological polar surface area (TPSA) is 56.1 Å². The molecule has 1 N–H and O–H groups in total. The van der Waals surface area contributed by atoms with Crippen molar-refractivity contribution in [2.75, 3.05) is 13.1 Å². The van der Waals surface area contributed by atoms with E-state index in [1.165, 1.54) is 24.2 Å². The highest BCUT2D eigenvalue weighted by atomic mass is 32.1. The number of hydrogen-bond donors (Lipinski definition) is 1. The number of nitrogens with one attached hydrogen (secondary N) is 1. The molecule has 3 saturated heterocycles. The third-order valence-corrected chi connectivity index (χ3v) is 7.27. The van der Waals surface area contributed by atoms with Crippen LogP contribution in [0.15, 0.2) is 18.2 Å². The van der Waals surface area contributed by atoms with Crippen LogP contribution in [0.4, 0.5) is 0 Å². The number of nitrogens with zero attached hydrogens (tertiary/aromatic N) is 2. The summed E-state index contributed by atoms with van der Waals surface area (Å²) in [5.41, 5.74) is 1.65. The molecule has 1 atom stereocenters. The fraction of sp³-hybridized carbons (Fsp3) is 0.500. The average Bonchev–Trinajstić information content (AvgIpc) is 3.02. The molecule has 0 spiro atoms. The molecule has 0 aliphatic carbocycles. The molecule has 5 rings (SSSR count). The number of fused-ring (bicyclic) bond motifs is 4. The van der Waals surface area contributed by atoms with Crippen LogP contribution in [0.3, 0.4) is 0 Å². The number of carbonyl (C=O) groups excluding carboxylic acids is 1. The van der Waals surface area contributed by atoms with Gasteiger partial charge in [0.15, 0.2) is 0 Å². The lowest BCUT2D eigenvalue weighted by atomic mass is 9.72. The summed E-state index contributed by atoms with van der Waals surface area (Å²) in [6.45, 7) is 8.69. The standard InChI is InChI=1S/C20H23N3OS/c1-12-4-5-14-10-16(25-17(14)15(12)11-21)19(24)22-18-13-6-8-23(9-7-13)20(18,2)3/h4-5,10,13,18H,6-9H2,1-3H3,(H,22,24). The van der Waals surface area contributed by atoms with Crippen LogP contribution in [0.25, 0.3) is 10.1 Å². The van der Waals surface area contributed by atoms with E-state index in [0.29, 0.717) is 16.4 Å². The van der Waals surface area contributed by atoms with Gasteiger partial charge in [-0.15, -0.1) is 11.3 Å². The molecular weight excluding hydrogens is 330 g/mol. The van der Waals surface area contributed by atoms with Crippen molar-refractivity contribution < 1.29 is 4.79 Å². The summed E-state index contributed by atoms with van der Waals surface area (Å²) < 4.78 is 0.917. The summed E-state index contributed by atoms with van der Waals surface area (Å²) in [5.74, 6) is 0.560. The number of aryl methyl sites for hydroxylation is 1. The van der Waals surface area contributed by atoms with Gasteiger partial charge in [-0.2, -0.15) is 5.26 Å². The van der Waals surface area contributed by atoms with E-state index in [1.807, 2.05) is 25.1 Å². The minimum atomic E-state index is -0.00503. The molecule has 1 unspecified atom stereocenters. The van der Waals surface area contributed by atoms with Gasteiger partial charge >= 0.3 is 0 Å². The van der Waals surface area contributed by atoms with Gasteiger partial charge in [-0.1, -0.05) is 12.1 Å². The maximum absolute atomic E-state index is 12.9. The van der Waals surface area contributed by atoms with Crippen LogP contribution >= 0.6 is 11.3 Å². The number of nitriles is 1. The minimum Gasteiger partial charge on any atom is -0.346 e. The number of rotatable bonds is 2. The van der Waals surface area contributed by atoms with Gasteiger partial charge in [0.1, 0.15) is 6.07 Å². The largest absolute Gasteiger partial charge is 0.346 e. The molecule has 3 aliphatic heterocycles. The van der Waals surface area contributed by atoms with E-state index >= 15 is 0 Å². The van der Waals surface area contributed by atoms with Crippen molar-refractivity contribution in [3.63, 3.8) is 0 Å². The van der Waals surface area contributed by atoms with Gasteiger partial charge in [0.25, 0.3) is 5.91 Å². The van der Waals surface area contributed by atoms with Crippen molar-refractivity contribution >= 4 is 27.3 Å².